The summed E-state index contributed by atoms with van der Waals surface area (Å²) in [5.41, 5.74) is 0. The normalized spacial score (nSPS) is 8.71. The molecule has 0 aromatic carbocycles. The van der Waals surface area contributed by atoms with Crippen LogP contribution in [0.1, 0.15) is 40.5 Å². The minimum absolute atomic E-state index is 0.142. The molecule has 0 aliphatic rings. The van der Waals surface area contributed by atoms with Gasteiger partial charge in [-0.2, -0.15) is 0 Å². The molecule has 0 fully saturated rings. The third-order valence-corrected chi connectivity index (χ3v) is 1.78. The van der Waals surface area contributed by atoms with Gasteiger partial charge in [-0.25, -0.2) is 0 Å². The summed E-state index contributed by atoms with van der Waals surface area (Å²) in [6.07, 6.45) is 1.62. The summed E-state index contributed by atoms with van der Waals surface area (Å²) in [5.74, 6) is 0.142. The second kappa shape index (κ2) is 20.8. The van der Waals surface area contributed by atoms with E-state index in [-0.39, 0.29) is 5.91 Å². The molecular formula is C13H34N3O+. The highest BCUT2D eigenvalue weighted by Gasteiger charge is 1.99. The lowest BCUT2D eigenvalue weighted by molar-refractivity contribution is -0.858. The molecule has 0 saturated heterocycles. The molecule has 0 aliphatic carbocycles. The number of hydrogen-bond donors (Lipinski definition) is 3. The molecule has 0 unspecified atom stereocenters. The van der Waals surface area contributed by atoms with Crippen molar-refractivity contribution in [1.29, 1.82) is 0 Å². The fourth-order valence-corrected chi connectivity index (χ4v) is 0.997. The van der Waals surface area contributed by atoms with Crippen molar-refractivity contribution in [3.05, 3.63) is 0 Å². The third kappa shape index (κ3) is 25.6. The van der Waals surface area contributed by atoms with Gasteiger partial charge in [-0.05, 0) is 7.05 Å². The highest BCUT2D eigenvalue weighted by Crippen LogP contribution is 1.77. The maximum absolute atomic E-state index is 11.1. The van der Waals surface area contributed by atoms with Gasteiger partial charge in [0, 0.05) is 25.9 Å². The van der Waals surface area contributed by atoms with Crippen molar-refractivity contribution in [1.82, 2.24) is 10.6 Å². The number of rotatable bonds is 7. The van der Waals surface area contributed by atoms with Crippen LogP contribution >= 0.6 is 0 Å². The molecule has 106 valence electrons. The van der Waals surface area contributed by atoms with Gasteiger partial charge in [0.15, 0.2) is 0 Å². The summed E-state index contributed by atoms with van der Waals surface area (Å²) in [5, 5.41) is 5.82. The maximum atomic E-state index is 11.1. The highest BCUT2D eigenvalue weighted by molar-refractivity contribution is 5.75. The molecule has 0 aliphatic heterocycles. The summed E-state index contributed by atoms with van der Waals surface area (Å²) in [6.45, 7) is 10.7. The Kier molecular flexibility index (Phi) is 26.4. The average molecular weight is 248 g/mol. The fourth-order valence-electron chi connectivity index (χ4n) is 0.997. The lowest BCUT2D eigenvalue weighted by Gasteiger charge is -2.07. The smallest absolute Gasteiger partial charge is 0.221 e. The molecule has 0 rings (SSSR count). The molecule has 0 aromatic rings. The van der Waals surface area contributed by atoms with Gasteiger partial charge < -0.3 is 15.5 Å². The molecule has 4 heteroatoms. The van der Waals surface area contributed by atoms with Crippen LogP contribution in [0.25, 0.3) is 0 Å². The number of carbonyl (C=O) groups excluding carboxylic acids is 1. The van der Waals surface area contributed by atoms with Crippen molar-refractivity contribution in [2.75, 3.05) is 40.8 Å². The maximum Gasteiger partial charge on any atom is 0.221 e. The van der Waals surface area contributed by atoms with Crippen molar-refractivity contribution >= 4 is 5.91 Å². The Balaban J connectivity index is -0.000000439. The van der Waals surface area contributed by atoms with Gasteiger partial charge in [0.1, 0.15) is 0 Å². The molecule has 1 amide bonds. The first-order valence-corrected chi connectivity index (χ1v) is 6.87. The van der Waals surface area contributed by atoms with Crippen LogP contribution in [0.2, 0.25) is 0 Å². The number of hydrogen-bond acceptors (Lipinski definition) is 2. The van der Waals surface area contributed by atoms with E-state index in [4.69, 9.17) is 0 Å². The van der Waals surface area contributed by atoms with E-state index in [9.17, 15) is 4.79 Å². The third-order valence-electron chi connectivity index (χ3n) is 1.78. The van der Waals surface area contributed by atoms with Crippen LogP contribution in [0, 0.1) is 0 Å². The molecule has 0 heterocycles. The summed E-state index contributed by atoms with van der Waals surface area (Å²) < 4.78 is 0. The van der Waals surface area contributed by atoms with Gasteiger partial charge in [0.25, 0.3) is 0 Å². The lowest BCUT2D eigenvalue weighted by atomic mass is 10.3. The topological polar surface area (TPSA) is 45.6 Å². The van der Waals surface area contributed by atoms with E-state index in [1.54, 1.807) is 0 Å². The average Bonchev–Trinajstić information content (AvgIpc) is 2.37. The molecule has 4 nitrogen and oxygen atoms in total. The standard InChI is InChI=1S/C9H21N3O.2C2H6/c1-10-7-5-9(13)11-6-4-8-12(2)3;2*1-2/h10H,4-8H2,1-3H3,(H,11,13);2*1-2H3/p+1. The summed E-state index contributed by atoms with van der Waals surface area (Å²) in [7, 11) is 6.08. The zero-order valence-corrected chi connectivity index (χ0v) is 12.9. The van der Waals surface area contributed by atoms with Gasteiger partial charge in [0.2, 0.25) is 5.91 Å². The molecule has 0 radical (unpaired) electrons. The Morgan fingerprint density at radius 3 is 2.00 bits per heavy atom. The van der Waals surface area contributed by atoms with Crippen molar-refractivity contribution < 1.29 is 9.69 Å². The fraction of sp³-hybridized carbons (Fsp3) is 0.923. The van der Waals surface area contributed by atoms with Gasteiger partial charge in [0.05, 0.1) is 20.6 Å². The number of amides is 1. The van der Waals surface area contributed by atoms with Crippen LogP contribution in [-0.2, 0) is 4.79 Å². The quantitative estimate of drug-likeness (QED) is 0.568. The van der Waals surface area contributed by atoms with E-state index in [2.05, 4.69) is 24.7 Å². The Hall–Kier alpha value is -0.610. The first-order valence-electron chi connectivity index (χ1n) is 6.87. The first kappa shape index (κ1) is 21.7. The second-order valence-electron chi connectivity index (χ2n) is 3.51. The summed E-state index contributed by atoms with van der Waals surface area (Å²) >= 11 is 0. The number of quaternary nitrogens is 1. The molecule has 17 heavy (non-hydrogen) atoms. The Bertz CT molecular complexity index is 139. The zero-order valence-electron chi connectivity index (χ0n) is 12.9. The van der Waals surface area contributed by atoms with Crippen LogP contribution < -0.4 is 15.5 Å². The van der Waals surface area contributed by atoms with Crippen molar-refractivity contribution in [3.8, 4) is 0 Å². The van der Waals surface area contributed by atoms with E-state index >= 15 is 0 Å². The Morgan fingerprint density at radius 2 is 1.59 bits per heavy atom. The Morgan fingerprint density at radius 1 is 1.06 bits per heavy atom. The molecule has 0 atom stereocenters. The van der Waals surface area contributed by atoms with E-state index in [0.717, 1.165) is 26.1 Å². The Labute approximate surface area is 108 Å². The van der Waals surface area contributed by atoms with Crippen LogP contribution in [-0.4, -0.2) is 46.7 Å². The van der Waals surface area contributed by atoms with Gasteiger partial charge in [-0.3, -0.25) is 4.79 Å². The van der Waals surface area contributed by atoms with Crippen LogP contribution in [0.3, 0.4) is 0 Å². The van der Waals surface area contributed by atoms with Gasteiger partial charge >= 0.3 is 0 Å². The van der Waals surface area contributed by atoms with Gasteiger partial charge in [-0.15, -0.1) is 0 Å². The van der Waals surface area contributed by atoms with Crippen LogP contribution in [0.15, 0.2) is 0 Å². The molecule has 0 aromatic heterocycles. The largest absolute Gasteiger partial charge is 0.356 e. The number of carbonyl (C=O) groups is 1. The SMILES string of the molecule is CC.CC.CNCCC(=O)NCCC[NH+](C)C. The summed E-state index contributed by atoms with van der Waals surface area (Å²) in [6, 6.07) is 0. The van der Waals surface area contributed by atoms with E-state index in [1.807, 2.05) is 34.7 Å². The monoisotopic (exact) mass is 248 g/mol. The predicted molar refractivity (Wildman–Crippen MR) is 76.5 cm³/mol. The molecule has 3 N–H and O–H groups in total. The minimum Gasteiger partial charge on any atom is -0.356 e. The van der Waals surface area contributed by atoms with Crippen molar-refractivity contribution in [3.63, 3.8) is 0 Å². The molecule has 0 saturated carbocycles. The second-order valence-corrected chi connectivity index (χ2v) is 3.51. The van der Waals surface area contributed by atoms with E-state index in [0.29, 0.717) is 6.42 Å². The molecular weight excluding hydrogens is 214 g/mol. The lowest BCUT2D eigenvalue weighted by Crippen LogP contribution is -3.05. The van der Waals surface area contributed by atoms with Crippen molar-refractivity contribution in [2.45, 2.75) is 40.5 Å². The highest BCUT2D eigenvalue weighted by atomic mass is 16.1. The van der Waals surface area contributed by atoms with E-state index in [1.165, 1.54) is 4.90 Å². The summed E-state index contributed by atoms with van der Waals surface area (Å²) in [4.78, 5) is 12.5. The number of nitrogens with one attached hydrogen (secondary N) is 3. The van der Waals surface area contributed by atoms with E-state index < -0.39 is 0 Å². The van der Waals surface area contributed by atoms with Crippen molar-refractivity contribution in [2.24, 2.45) is 0 Å². The molecule has 0 bridgehead atoms. The first-order chi connectivity index (χ1) is 8.16. The zero-order chi connectivity index (χ0) is 14.1. The minimum atomic E-state index is 0.142. The van der Waals surface area contributed by atoms with Crippen LogP contribution in [0.4, 0.5) is 0 Å². The predicted octanol–water partition coefficient (Wildman–Crippen LogP) is 0.299. The molecule has 0 spiro atoms. The van der Waals surface area contributed by atoms with Gasteiger partial charge in [-0.1, -0.05) is 27.7 Å². The van der Waals surface area contributed by atoms with Crippen LogP contribution in [0.5, 0.6) is 0 Å².